The van der Waals surface area contributed by atoms with E-state index in [1.54, 1.807) is 13.1 Å². The summed E-state index contributed by atoms with van der Waals surface area (Å²) in [5, 5.41) is 2.68. The first kappa shape index (κ1) is 14.2. The zero-order chi connectivity index (χ0) is 14.7. The highest BCUT2D eigenvalue weighted by molar-refractivity contribution is 5.78. The van der Waals surface area contributed by atoms with Gasteiger partial charge in [-0.1, -0.05) is 12.1 Å². The van der Waals surface area contributed by atoms with Crippen LogP contribution in [-0.4, -0.2) is 15.9 Å². The normalized spacial score (nSPS) is 12.2. The number of nitrogens with one attached hydrogen (secondary N) is 2. The molecule has 1 aromatic heterocycles. The summed E-state index contributed by atoms with van der Waals surface area (Å²) in [7, 11) is 0. The summed E-state index contributed by atoms with van der Waals surface area (Å²) in [5.41, 5.74) is 0.919. The Morgan fingerprint density at radius 3 is 2.85 bits per heavy atom. The smallest absolute Gasteiger partial charge is 0.225 e. The number of H-pyrrole nitrogens is 1. The molecule has 0 unspecified atom stereocenters. The van der Waals surface area contributed by atoms with Crippen LogP contribution in [0.2, 0.25) is 0 Å². The first-order valence-electron chi connectivity index (χ1n) is 6.21. The first-order valence-corrected chi connectivity index (χ1v) is 6.21. The number of hydrogen-bond donors (Lipinski definition) is 2. The van der Waals surface area contributed by atoms with Crippen LogP contribution in [0.3, 0.4) is 0 Å². The van der Waals surface area contributed by atoms with Crippen molar-refractivity contribution < 1.29 is 13.6 Å². The molecule has 0 aliphatic heterocycles. The van der Waals surface area contributed by atoms with Gasteiger partial charge in [-0.25, -0.2) is 13.8 Å². The van der Waals surface area contributed by atoms with E-state index in [0.717, 1.165) is 11.8 Å². The van der Waals surface area contributed by atoms with Crippen molar-refractivity contribution in [3.05, 3.63) is 53.1 Å². The summed E-state index contributed by atoms with van der Waals surface area (Å²) in [4.78, 5) is 18.9. The fraction of sp³-hybridized carbons (Fsp3) is 0.286. The minimum atomic E-state index is -0.982. The van der Waals surface area contributed by atoms with Gasteiger partial charge in [-0.05, 0) is 19.9 Å². The number of aromatic nitrogens is 2. The van der Waals surface area contributed by atoms with Crippen molar-refractivity contribution in [3.8, 4) is 0 Å². The zero-order valence-corrected chi connectivity index (χ0v) is 11.2. The standard InChI is InChI=1S/C14H15F2N3O/c1-8-7-17-14(18-8)9(2)19-12(20)6-10-4-3-5-11(15)13(10)16/h3-5,7,9H,6H2,1-2H3,(H,17,18)(H,19,20)/t9-/m1/s1. The predicted molar refractivity (Wildman–Crippen MR) is 69.9 cm³/mol. The summed E-state index contributed by atoms with van der Waals surface area (Å²) in [5.74, 6) is -1.71. The summed E-state index contributed by atoms with van der Waals surface area (Å²) < 4.78 is 26.5. The first-order chi connectivity index (χ1) is 9.47. The lowest BCUT2D eigenvalue weighted by Gasteiger charge is -2.12. The van der Waals surface area contributed by atoms with Gasteiger partial charge in [-0.2, -0.15) is 0 Å². The fourth-order valence-electron chi connectivity index (χ4n) is 1.87. The molecule has 1 heterocycles. The van der Waals surface area contributed by atoms with Gasteiger partial charge in [0.25, 0.3) is 0 Å². The second kappa shape index (κ2) is 5.81. The number of benzene rings is 1. The molecule has 0 saturated heterocycles. The topological polar surface area (TPSA) is 57.8 Å². The van der Waals surface area contributed by atoms with Crippen molar-refractivity contribution in [1.29, 1.82) is 0 Å². The number of aromatic amines is 1. The van der Waals surface area contributed by atoms with E-state index in [1.165, 1.54) is 12.1 Å². The second-order valence-electron chi connectivity index (χ2n) is 4.63. The number of carbonyl (C=O) groups excluding carboxylic acids is 1. The van der Waals surface area contributed by atoms with Crippen molar-refractivity contribution in [2.75, 3.05) is 0 Å². The molecule has 6 heteroatoms. The maximum absolute atomic E-state index is 13.5. The summed E-state index contributed by atoms with van der Waals surface area (Å²) in [6.07, 6.45) is 1.44. The maximum Gasteiger partial charge on any atom is 0.225 e. The van der Waals surface area contributed by atoms with Crippen LogP contribution in [0.5, 0.6) is 0 Å². The highest BCUT2D eigenvalue weighted by atomic mass is 19.2. The van der Waals surface area contributed by atoms with Gasteiger partial charge in [0.1, 0.15) is 5.82 Å². The van der Waals surface area contributed by atoms with E-state index in [1.807, 2.05) is 6.92 Å². The third-order valence-electron chi connectivity index (χ3n) is 2.89. The van der Waals surface area contributed by atoms with Gasteiger partial charge >= 0.3 is 0 Å². The number of aryl methyl sites for hydroxylation is 1. The Morgan fingerprint density at radius 2 is 2.20 bits per heavy atom. The van der Waals surface area contributed by atoms with Gasteiger partial charge in [0.05, 0.1) is 12.5 Å². The minimum Gasteiger partial charge on any atom is -0.346 e. The number of nitrogens with zero attached hydrogens (tertiary/aromatic N) is 1. The van der Waals surface area contributed by atoms with E-state index in [4.69, 9.17) is 0 Å². The lowest BCUT2D eigenvalue weighted by molar-refractivity contribution is -0.121. The fourth-order valence-corrected chi connectivity index (χ4v) is 1.87. The molecule has 106 valence electrons. The summed E-state index contributed by atoms with van der Waals surface area (Å²) >= 11 is 0. The molecule has 2 aromatic rings. The molecule has 2 rings (SSSR count). The number of imidazole rings is 1. The zero-order valence-electron chi connectivity index (χ0n) is 11.2. The number of rotatable bonds is 4. The minimum absolute atomic E-state index is 0.0327. The highest BCUT2D eigenvalue weighted by Gasteiger charge is 2.15. The molecule has 0 aliphatic carbocycles. The van der Waals surface area contributed by atoms with Crippen molar-refractivity contribution in [1.82, 2.24) is 15.3 Å². The lowest BCUT2D eigenvalue weighted by atomic mass is 10.1. The van der Waals surface area contributed by atoms with Crippen LogP contribution in [0.15, 0.2) is 24.4 Å². The molecule has 1 atom stereocenters. The molecular formula is C14H15F2N3O. The van der Waals surface area contributed by atoms with Crippen molar-refractivity contribution in [2.45, 2.75) is 26.3 Å². The third kappa shape index (κ3) is 3.20. The average Bonchev–Trinajstić information content (AvgIpc) is 2.82. The number of carbonyl (C=O) groups is 1. The SMILES string of the molecule is Cc1cnc([C@@H](C)NC(=O)Cc2cccc(F)c2F)[nH]1. The molecule has 0 fully saturated rings. The van der Waals surface area contributed by atoms with Crippen LogP contribution in [0.4, 0.5) is 8.78 Å². The van der Waals surface area contributed by atoms with Crippen LogP contribution in [0.1, 0.15) is 30.0 Å². The quantitative estimate of drug-likeness (QED) is 0.903. The van der Waals surface area contributed by atoms with E-state index in [0.29, 0.717) is 5.82 Å². The molecule has 1 aromatic carbocycles. The Bertz CT molecular complexity index is 625. The van der Waals surface area contributed by atoms with Gasteiger partial charge in [0.2, 0.25) is 5.91 Å². The van der Waals surface area contributed by atoms with Gasteiger partial charge in [0, 0.05) is 17.5 Å². The van der Waals surface area contributed by atoms with Crippen LogP contribution in [0.25, 0.3) is 0 Å². The second-order valence-corrected chi connectivity index (χ2v) is 4.63. The molecule has 0 spiro atoms. The summed E-state index contributed by atoms with van der Waals surface area (Å²) in [6.45, 7) is 3.62. The number of hydrogen-bond acceptors (Lipinski definition) is 2. The Balaban J connectivity index is 2.00. The van der Waals surface area contributed by atoms with Crippen LogP contribution < -0.4 is 5.32 Å². The van der Waals surface area contributed by atoms with E-state index >= 15 is 0 Å². The Hall–Kier alpha value is -2.24. The van der Waals surface area contributed by atoms with Crippen LogP contribution in [-0.2, 0) is 11.2 Å². The molecule has 0 bridgehead atoms. The van der Waals surface area contributed by atoms with Crippen molar-refractivity contribution in [2.24, 2.45) is 0 Å². The van der Waals surface area contributed by atoms with Crippen molar-refractivity contribution in [3.63, 3.8) is 0 Å². The Labute approximate surface area is 115 Å². The highest BCUT2D eigenvalue weighted by Crippen LogP contribution is 2.13. The third-order valence-corrected chi connectivity index (χ3v) is 2.89. The monoisotopic (exact) mass is 279 g/mol. The average molecular weight is 279 g/mol. The van der Waals surface area contributed by atoms with Crippen molar-refractivity contribution >= 4 is 5.91 Å². The van der Waals surface area contributed by atoms with Crippen LogP contribution >= 0.6 is 0 Å². The van der Waals surface area contributed by atoms with E-state index in [9.17, 15) is 13.6 Å². The van der Waals surface area contributed by atoms with E-state index < -0.39 is 17.5 Å². The van der Waals surface area contributed by atoms with Gasteiger partial charge in [0.15, 0.2) is 11.6 Å². The predicted octanol–water partition coefficient (Wildman–Crippen LogP) is 2.42. The number of amides is 1. The molecule has 20 heavy (non-hydrogen) atoms. The molecule has 0 radical (unpaired) electrons. The number of halogens is 2. The molecule has 0 aliphatic rings. The molecular weight excluding hydrogens is 264 g/mol. The maximum atomic E-state index is 13.5. The van der Waals surface area contributed by atoms with E-state index in [-0.39, 0.29) is 18.0 Å². The lowest BCUT2D eigenvalue weighted by Crippen LogP contribution is -2.29. The van der Waals surface area contributed by atoms with E-state index in [2.05, 4.69) is 15.3 Å². The van der Waals surface area contributed by atoms with Gasteiger partial charge < -0.3 is 10.3 Å². The van der Waals surface area contributed by atoms with Crippen LogP contribution in [0, 0.1) is 18.6 Å². The largest absolute Gasteiger partial charge is 0.346 e. The Kier molecular flexibility index (Phi) is 4.12. The Morgan fingerprint density at radius 1 is 1.45 bits per heavy atom. The molecule has 4 nitrogen and oxygen atoms in total. The van der Waals surface area contributed by atoms with Gasteiger partial charge in [-0.15, -0.1) is 0 Å². The molecule has 2 N–H and O–H groups in total. The molecule has 1 amide bonds. The molecule has 0 saturated carbocycles. The van der Waals surface area contributed by atoms with Gasteiger partial charge in [-0.3, -0.25) is 4.79 Å². The summed E-state index contributed by atoms with van der Waals surface area (Å²) in [6, 6.07) is 3.46.